The molecule has 2 heterocycles. The molecule has 0 spiro atoms. The van der Waals surface area contributed by atoms with Crippen molar-refractivity contribution in [2.45, 2.75) is 32.5 Å². The molecule has 1 aliphatic rings. The zero-order chi connectivity index (χ0) is 18.5. The molecule has 140 valence electrons. The summed E-state index contributed by atoms with van der Waals surface area (Å²) >= 11 is 5.93. The Bertz CT molecular complexity index is 747. The SMILES string of the molecule is CCO[C@H]1COC[C@@H]1NC(=O)Nc1c(C)cnn1Cc1ccc(Cl)cc1. The second kappa shape index (κ2) is 8.53. The predicted molar refractivity (Wildman–Crippen MR) is 99.7 cm³/mol. The van der Waals surface area contributed by atoms with Gasteiger partial charge in [-0.3, -0.25) is 5.32 Å². The molecule has 2 atom stereocenters. The lowest BCUT2D eigenvalue weighted by Crippen LogP contribution is -2.45. The van der Waals surface area contributed by atoms with E-state index >= 15 is 0 Å². The molecule has 26 heavy (non-hydrogen) atoms. The first-order valence-electron chi connectivity index (χ1n) is 8.60. The van der Waals surface area contributed by atoms with E-state index in [1.54, 1.807) is 10.9 Å². The Labute approximate surface area is 157 Å². The number of amides is 2. The number of nitrogens with one attached hydrogen (secondary N) is 2. The molecule has 2 aromatic rings. The van der Waals surface area contributed by atoms with Crippen LogP contribution in [0.5, 0.6) is 0 Å². The van der Waals surface area contributed by atoms with Crippen LogP contribution in [0, 0.1) is 6.92 Å². The van der Waals surface area contributed by atoms with Crippen molar-refractivity contribution in [3.05, 3.63) is 46.6 Å². The lowest BCUT2D eigenvalue weighted by Gasteiger charge is -2.19. The number of halogens is 1. The van der Waals surface area contributed by atoms with Gasteiger partial charge in [-0.2, -0.15) is 5.10 Å². The number of urea groups is 1. The largest absolute Gasteiger partial charge is 0.376 e. The molecule has 0 bridgehead atoms. The van der Waals surface area contributed by atoms with E-state index in [2.05, 4.69) is 15.7 Å². The number of carbonyl (C=O) groups is 1. The number of anilines is 1. The van der Waals surface area contributed by atoms with Crippen molar-refractivity contribution in [2.24, 2.45) is 0 Å². The first-order chi connectivity index (χ1) is 12.6. The molecule has 1 fully saturated rings. The third kappa shape index (κ3) is 4.55. The minimum absolute atomic E-state index is 0.120. The summed E-state index contributed by atoms with van der Waals surface area (Å²) in [6.07, 6.45) is 1.61. The molecule has 1 aliphatic heterocycles. The molecule has 2 N–H and O–H groups in total. The number of aromatic nitrogens is 2. The molecule has 0 radical (unpaired) electrons. The van der Waals surface area contributed by atoms with Crippen LogP contribution in [0.15, 0.2) is 30.5 Å². The number of hydrogen-bond acceptors (Lipinski definition) is 4. The highest BCUT2D eigenvalue weighted by molar-refractivity contribution is 6.30. The molecule has 1 aromatic carbocycles. The van der Waals surface area contributed by atoms with Crippen molar-refractivity contribution in [2.75, 3.05) is 25.1 Å². The minimum Gasteiger partial charge on any atom is -0.376 e. The summed E-state index contributed by atoms with van der Waals surface area (Å²) in [5.74, 6) is 0.657. The number of aryl methyl sites for hydroxylation is 1. The van der Waals surface area contributed by atoms with Gasteiger partial charge in [0.1, 0.15) is 11.9 Å². The summed E-state index contributed by atoms with van der Waals surface area (Å²) in [5, 5.41) is 10.9. The van der Waals surface area contributed by atoms with Crippen LogP contribution in [0.3, 0.4) is 0 Å². The van der Waals surface area contributed by atoms with E-state index in [0.29, 0.717) is 37.2 Å². The molecule has 1 aromatic heterocycles. The summed E-state index contributed by atoms with van der Waals surface area (Å²) < 4.78 is 12.7. The summed E-state index contributed by atoms with van der Waals surface area (Å²) in [6, 6.07) is 7.08. The van der Waals surface area contributed by atoms with Crippen LogP contribution < -0.4 is 10.6 Å². The van der Waals surface area contributed by atoms with Crippen molar-refractivity contribution in [3.8, 4) is 0 Å². The van der Waals surface area contributed by atoms with Gasteiger partial charge in [0, 0.05) is 17.2 Å². The molecule has 3 rings (SSSR count). The normalized spacial score (nSPS) is 19.5. The monoisotopic (exact) mass is 378 g/mol. The predicted octanol–water partition coefficient (Wildman–Crippen LogP) is 2.82. The van der Waals surface area contributed by atoms with E-state index in [1.807, 2.05) is 38.1 Å². The molecular formula is C18H23ClN4O3. The second-order valence-corrected chi connectivity index (χ2v) is 6.63. The van der Waals surface area contributed by atoms with E-state index in [9.17, 15) is 4.79 Å². The topological polar surface area (TPSA) is 77.4 Å². The van der Waals surface area contributed by atoms with Gasteiger partial charge in [-0.05, 0) is 31.5 Å². The lowest BCUT2D eigenvalue weighted by atomic mass is 10.2. The van der Waals surface area contributed by atoms with Gasteiger partial charge in [-0.15, -0.1) is 0 Å². The molecule has 8 heteroatoms. The summed E-state index contributed by atoms with van der Waals surface area (Å²) in [4.78, 5) is 12.4. The van der Waals surface area contributed by atoms with Crippen molar-refractivity contribution in [1.82, 2.24) is 15.1 Å². The fourth-order valence-corrected chi connectivity index (χ4v) is 3.01. The van der Waals surface area contributed by atoms with Crippen LogP contribution in [0.4, 0.5) is 10.6 Å². The van der Waals surface area contributed by atoms with E-state index in [1.165, 1.54) is 0 Å². The summed E-state index contributed by atoms with van der Waals surface area (Å²) in [6.45, 7) is 5.89. The quantitative estimate of drug-likeness (QED) is 0.810. The standard InChI is InChI=1S/C18H23ClN4O3/c1-3-26-16-11-25-10-15(16)21-18(24)22-17-12(2)8-20-23(17)9-13-4-6-14(19)7-5-13/h4-8,15-16H,3,9-11H2,1-2H3,(H2,21,22,24)/t15-,16-/m0/s1. The summed E-state index contributed by atoms with van der Waals surface area (Å²) in [5.41, 5.74) is 1.93. The van der Waals surface area contributed by atoms with E-state index in [0.717, 1.165) is 11.1 Å². The highest BCUT2D eigenvalue weighted by Crippen LogP contribution is 2.18. The third-order valence-corrected chi connectivity index (χ3v) is 4.48. The fraction of sp³-hybridized carbons (Fsp3) is 0.444. The van der Waals surface area contributed by atoms with E-state index in [-0.39, 0.29) is 18.2 Å². The van der Waals surface area contributed by atoms with Gasteiger partial charge in [-0.1, -0.05) is 23.7 Å². The molecular weight excluding hydrogens is 356 g/mol. The van der Waals surface area contributed by atoms with Gasteiger partial charge < -0.3 is 14.8 Å². The Kier molecular flexibility index (Phi) is 6.13. The first-order valence-corrected chi connectivity index (χ1v) is 8.98. The molecule has 1 saturated heterocycles. The zero-order valence-electron chi connectivity index (χ0n) is 14.9. The molecule has 2 amide bonds. The van der Waals surface area contributed by atoms with Crippen LogP contribution in [-0.4, -0.2) is 47.8 Å². The maximum Gasteiger partial charge on any atom is 0.320 e. The number of carbonyl (C=O) groups excluding carboxylic acids is 1. The number of ether oxygens (including phenoxy) is 2. The van der Waals surface area contributed by atoms with Gasteiger partial charge in [-0.25, -0.2) is 9.48 Å². The van der Waals surface area contributed by atoms with Crippen molar-refractivity contribution in [1.29, 1.82) is 0 Å². The van der Waals surface area contributed by atoms with Gasteiger partial charge in [0.2, 0.25) is 0 Å². The van der Waals surface area contributed by atoms with Crippen LogP contribution in [-0.2, 0) is 16.0 Å². The molecule has 0 saturated carbocycles. The van der Waals surface area contributed by atoms with Crippen LogP contribution >= 0.6 is 11.6 Å². The number of nitrogens with zero attached hydrogens (tertiary/aromatic N) is 2. The van der Waals surface area contributed by atoms with Crippen molar-refractivity contribution in [3.63, 3.8) is 0 Å². The Hall–Kier alpha value is -2.09. The van der Waals surface area contributed by atoms with E-state index < -0.39 is 0 Å². The number of rotatable bonds is 6. The Morgan fingerprint density at radius 3 is 2.88 bits per heavy atom. The van der Waals surface area contributed by atoms with Gasteiger partial charge in [0.15, 0.2) is 0 Å². The number of hydrogen-bond donors (Lipinski definition) is 2. The van der Waals surface area contributed by atoms with E-state index in [4.69, 9.17) is 21.1 Å². The van der Waals surface area contributed by atoms with Crippen LogP contribution in [0.1, 0.15) is 18.1 Å². The Morgan fingerprint density at radius 1 is 1.38 bits per heavy atom. The Morgan fingerprint density at radius 2 is 2.15 bits per heavy atom. The Balaban J connectivity index is 1.65. The maximum absolute atomic E-state index is 12.4. The highest BCUT2D eigenvalue weighted by Gasteiger charge is 2.30. The third-order valence-electron chi connectivity index (χ3n) is 4.23. The van der Waals surface area contributed by atoms with Gasteiger partial charge >= 0.3 is 6.03 Å². The maximum atomic E-state index is 12.4. The van der Waals surface area contributed by atoms with Gasteiger partial charge in [0.25, 0.3) is 0 Å². The van der Waals surface area contributed by atoms with Crippen LogP contribution in [0.25, 0.3) is 0 Å². The lowest BCUT2D eigenvalue weighted by molar-refractivity contribution is 0.0428. The summed E-state index contributed by atoms with van der Waals surface area (Å²) in [7, 11) is 0. The molecule has 7 nitrogen and oxygen atoms in total. The van der Waals surface area contributed by atoms with Crippen LogP contribution in [0.2, 0.25) is 5.02 Å². The first kappa shape index (κ1) is 18.7. The fourth-order valence-electron chi connectivity index (χ4n) is 2.88. The molecule has 0 aliphatic carbocycles. The highest BCUT2D eigenvalue weighted by atomic mass is 35.5. The van der Waals surface area contributed by atoms with Crippen molar-refractivity contribution < 1.29 is 14.3 Å². The van der Waals surface area contributed by atoms with Gasteiger partial charge in [0.05, 0.1) is 32.0 Å². The second-order valence-electron chi connectivity index (χ2n) is 6.20. The number of benzene rings is 1. The minimum atomic E-state index is -0.300. The zero-order valence-corrected chi connectivity index (χ0v) is 15.6. The smallest absolute Gasteiger partial charge is 0.320 e. The average molecular weight is 379 g/mol. The molecule has 0 unspecified atom stereocenters. The van der Waals surface area contributed by atoms with Crippen molar-refractivity contribution >= 4 is 23.4 Å². The average Bonchev–Trinajstić information content (AvgIpc) is 3.18.